The normalized spacial score (nSPS) is 13.1. The van der Waals surface area contributed by atoms with Crippen molar-refractivity contribution in [3.8, 4) is 22.6 Å². The average molecular weight is 254 g/mol. The predicted octanol–water partition coefficient (Wildman–Crippen LogP) is 4.30. The molecular weight excluding hydrogens is 244 g/mol. The summed E-state index contributed by atoms with van der Waals surface area (Å²) in [5, 5.41) is 3.39. The van der Waals surface area contributed by atoms with Gasteiger partial charge in [-0.15, -0.1) is 11.3 Å². The van der Waals surface area contributed by atoms with Crippen LogP contribution in [0.3, 0.4) is 0 Å². The van der Waals surface area contributed by atoms with Crippen molar-refractivity contribution in [3.05, 3.63) is 47.8 Å². The van der Waals surface area contributed by atoms with Gasteiger partial charge in [-0.05, 0) is 22.9 Å². The molecule has 0 amide bonds. The fourth-order valence-corrected chi connectivity index (χ4v) is 3.28. The maximum absolute atomic E-state index is 5.59. The Labute approximate surface area is 108 Å². The SMILES string of the molecule is c1cc2c(c(-c3cccc4ccsc34)c1)OCO2. The van der Waals surface area contributed by atoms with Gasteiger partial charge in [-0.1, -0.05) is 30.3 Å². The fraction of sp³-hybridized carbons (Fsp3) is 0.0667. The number of rotatable bonds is 1. The molecule has 0 fully saturated rings. The van der Waals surface area contributed by atoms with Crippen LogP contribution in [0.4, 0.5) is 0 Å². The summed E-state index contributed by atoms with van der Waals surface area (Å²) in [6, 6.07) is 14.5. The Morgan fingerprint density at radius 1 is 0.889 bits per heavy atom. The van der Waals surface area contributed by atoms with Crippen LogP contribution in [0.2, 0.25) is 0 Å². The Hall–Kier alpha value is -2.00. The Morgan fingerprint density at radius 2 is 1.78 bits per heavy atom. The molecule has 2 aromatic carbocycles. The fourth-order valence-electron chi connectivity index (χ4n) is 2.35. The zero-order chi connectivity index (χ0) is 11.9. The summed E-state index contributed by atoms with van der Waals surface area (Å²) in [7, 11) is 0. The van der Waals surface area contributed by atoms with Crippen LogP contribution in [-0.4, -0.2) is 6.79 Å². The van der Waals surface area contributed by atoms with Crippen LogP contribution in [0.5, 0.6) is 11.5 Å². The predicted molar refractivity (Wildman–Crippen MR) is 73.4 cm³/mol. The van der Waals surface area contributed by atoms with Crippen molar-refractivity contribution in [1.29, 1.82) is 0 Å². The van der Waals surface area contributed by atoms with Gasteiger partial charge in [0, 0.05) is 15.8 Å². The molecule has 0 saturated heterocycles. The van der Waals surface area contributed by atoms with E-state index in [0.29, 0.717) is 6.79 Å². The van der Waals surface area contributed by atoms with Crippen molar-refractivity contribution in [2.45, 2.75) is 0 Å². The molecule has 0 N–H and O–H groups in total. The number of benzene rings is 2. The molecule has 1 aliphatic heterocycles. The van der Waals surface area contributed by atoms with Crippen molar-refractivity contribution < 1.29 is 9.47 Å². The molecule has 88 valence electrons. The molecule has 0 spiro atoms. The van der Waals surface area contributed by atoms with Crippen LogP contribution < -0.4 is 9.47 Å². The number of fused-ring (bicyclic) bond motifs is 2. The highest BCUT2D eigenvalue weighted by Gasteiger charge is 2.19. The van der Waals surface area contributed by atoms with Crippen LogP contribution >= 0.6 is 11.3 Å². The Balaban J connectivity index is 2.03. The summed E-state index contributed by atoms with van der Waals surface area (Å²) >= 11 is 1.76. The lowest BCUT2D eigenvalue weighted by Crippen LogP contribution is -1.93. The maximum Gasteiger partial charge on any atom is 0.231 e. The third kappa shape index (κ3) is 1.34. The first-order valence-electron chi connectivity index (χ1n) is 5.79. The number of para-hydroxylation sites is 1. The smallest absolute Gasteiger partial charge is 0.231 e. The van der Waals surface area contributed by atoms with Crippen LogP contribution in [0.25, 0.3) is 21.2 Å². The minimum absolute atomic E-state index is 0.312. The van der Waals surface area contributed by atoms with E-state index in [1.165, 1.54) is 15.6 Å². The van der Waals surface area contributed by atoms with Crippen LogP contribution in [-0.2, 0) is 0 Å². The molecular formula is C15H10O2S. The van der Waals surface area contributed by atoms with Gasteiger partial charge < -0.3 is 9.47 Å². The Bertz CT molecular complexity index is 730. The third-order valence-electron chi connectivity index (χ3n) is 3.17. The van der Waals surface area contributed by atoms with Gasteiger partial charge >= 0.3 is 0 Å². The Kier molecular flexibility index (Phi) is 2.08. The lowest BCUT2D eigenvalue weighted by molar-refractivity contribution is 0.174. The van der Waals surface area contributed by atoms with Gasteiger partial charge in [-0.2, -0.15) is 0 Å². The summed E-state index contributed by atoms with van der Waals surface area (Å²) in [6.45, 7) is 0.312. The number of hydrogen-bond acceptors (Lipinski definition) is 3. The van der Waals surface area contributed by atoms with E-state index in [1.807, 2.05) is 12.1 Å². The summed E-state index contributed by atoms with van der Waals surface area (Å²) in [5.74, 6) is 1.69. The van der Waals surface area contributed by atoms with Gasteiger partial charge in [0.2, 0.25) is 6.79 Å². The highest BCUT2D eigenvalue weighted by Crippen LogP contribution is 2.44. The Morgan fingerprint density at radius 3 is 2.78 bits per heavy atom. The van der Waals surface area contributed by atoms with E-state index >= 15 is 0 Å². The molecule has 0 saturated carbocycles. The van der Waals surface area contributed by atoms with E-state index in [-0.39, 0.29) is 0 Å². The molecule has 1 aliphatic rings. The molecule has 4 rings (SSSR count). The minimum atomic E-state index is 0.312. The topological polar surface area (TPSA) is 18.5 Å². The van der Waals surface area contributed by atoms with Crippen LogP contribution in [0.15, 0.2) is 47.8 Å². The third-order valence-corrected chi connectivity index (χ3v) is 4.13. The summed E-state index contributed by atoms with van der Waals surface area (Å²) < 4.78 is 12.3. The van der Waals surface area contributed by atoms with E-state index in [2.05, 4.69) is 35.7 Å². The summed E-state index contributed by atoms with van der Waals surface area (Å²) in [6.07, 6.45) is 0. The quantitative estimate of drug-likeness (QED) is 0.644. The second kappa shape index (κ2) is 3.75. The van der Waals surface area contributed by atoms with Gasteiger partial charge in [0.25, 0.3) is 0 Å². The van der Waals surface area contributed by atoms with E-state index in [0.717, 1.165) is 17.1 Å². The first kappa shape index (κ1) is 9.97. The molecule has 2 heterocycles. The van der Waals surface area contributed by atoms with Crippen LogP contribution in [0, 0.1) is 0 Å². The first-order chi connectivity index (χ1) is 8.93. The zero-order valence-corrected chi connectivity index (χ0v) is 10.4. The highest BCUT2D eigenvalue weighted by molar-refractivity contribution is 7.17. The highest BCUT2D eigenvalue weighted by atomic mass is 32.1. The average Bonchev–Trinajstić information content (AvgIpc) is 3.06. The van der Waals surface area contributed by atoms with Gasteiger partial charge in [-0.25, -0.2) is 0 Å². The van der Waals surface area contributed by atoms with Crippen molar-refractivity contribution in [2.24, 2.45) is 0 Å². The van der Waals surface area contributed by atoms with Gasteiger partial charge in [-0.3, -0.25) is 0 Å². The molecule has 0 radical (unpaired) electrons. The lowest BCUT2D eigenvalue weighted by atomic mass is 10.0. The summed E-state index contributed by atoms with van der Waals surface area (Å²) in [5.41, 5.74) is 2.32. The molecule has 2 nitrogen and oxygen atoms in total. The maximum atomic E-state index is 5.59. The lowest BCUT2D eigenvalue weighted by Gasteiger charge is -2.07. The largest absolute Gasteiger partial charge is 0.454 e. The van der Waals surface area contributed by atoms with Crippen molar-refractivity contribution >= 4 is 21.4 Å². The van der Waals surface area contributed by atoms with Crippen molar-refractivity contribution in [3.63, 3.8) is 0 Å². The number of ether oxygens (including phenoxy) is 2. The van der Waals surface area contributed by atoms with Crippen LogP contribution in [0.1, 0.15) is 0 Å². The molecule has 3 heteroatoms. The zero-order valence-electron chi connectivity index (χ0n) is 9.55. The summed E-state index contributed by atoms with van der Waals surface area (Å²) in [4.78, 5) is 0. The molecule has 0 aliphatic carbocycles. The van der Waals surface area contributed by atoms with Gasteiger partial charge in [0.1, 0.15) is 0 Å². The van der Waals surface area contributed by atoms with Crippen molar-refractivity contribution in [1.82, 2.24) is 0 Å². The molecule has 0 atom stereocenters. The molecule has 0 bridgehead atoms. The second-order valence-electron chi connectivity index (χ2n) is 4.18. The monoisotopic (exact) mass is 254 g/mol. The molecule has 0 unspecified atom stereocenters. The molecule has 3 aromatic rings. The minimum Gasteiger partial charge on any atom is -0.454 e. The van der Waals surface area contributed by atoms with E-state index in [4.69, 9.17) is 9.47 Å². The molecule has 18 heavy (non-hydrogen) atoms. The standard InChI is InChI=1S/C15H10O2S/c1-3-10-7-8-18-15(10)12(5-1)11-4-2-6-13-14(11)17-9-16-13/h1-8H,9H2. The van der Waals surface area contributed by atoms with E-state index < -0.39 is 0 Å². The van der Waals surface area contributed by atoms with Gasteiger partial charge in [0.15, 0.2) is 11.5 Å². The van der Waals surface area contributed by atoms with Gasteiger partial charge in [0.05, 0.1) is 0 Å². The molecule has 1 aromatic heterocycles. The number of thiophene rings is 1. The van der Waals surface area contributed by atoms with Crippen molar-refractivity contribution in [2.75, 3.05) is 6.79 Å². The number of hydrogen-bond donors (Lipinski definition) is 0. The van der Waals surface area contributed by atoms with E-state index in [1.54, 1.807) is 11.3 Å². The van der Waals surface area contributed by atoms with E-state index in [9.17, 15) is 0 Å². The second-order valence-corrected chi connectivity index (χ2v) is 5.10. The first-order valence-corrected chi connectivity index (χ1v) is 6.67.